The number of nitrogens with zero attached hydrogens (tertiary/aromatic N) is 2. The number of aryl methyl sites for hydroxylation is 1. The Labute approximate surface area is 110 Å². The Morgan fingerprint density at radius 2 is 1.95 bits per heavy atom. The van der Waals surface area contributed by atoms with Gasteiger partial charge in [-0.2, -0.15) is 13.2 Å². The highest BCUT2D eigenvalue weighted by molar-refractivity contribution is 6.17. The van der Waals surface area contributed by atoms with E-state index in [4.69, 9.17) is 16.0 Å². The first-order chi connectivity index (χ1) is 8.93. The fraction of sp³-hybridized carbons (Fsp3) is 0.273. The summed E-state index contributed by atoms with van der Waals surface area (Å²) in [5.74, 6) is -1.38. The van der Waals surface area contributed by atoms with E-state index in [-0.39, 0.29) is 29.6 Å². The zero-order chi connectivity index (χ0) is 14.0. The summed E-state index contributed by atoms with van der Waals surface area (Å²) in [4.78, 5) is 0. The van der Waals surface area contributed by atoms with Crippen LogP contribution in [-0.4, -0.2) is 16.1 Å². The molecule has 0 spiro atoms. The van der Waals surface area contributed by atoms with Crippen molar-refractivity contribution in [2.45, 2.75) is 12.6 Å². The van der Waals surface area contributed by atoms with Gasteiger partial charge in [-0.1, -0.05) is 6.07 Å². The second-order valence-corrected chi connectivity index (χ2v) is 3.98. The van der Waals surface area contributed by atoms with Gasteiger partial charge in [-0.15, -0.1) is 21.8 Å². The van der Waals surface area contributed by atoms with Crippen LogP contribution in [0.4, 0.5) is 17.6 Å². The summed E-state index contributed by atoms with van der Waals surface area (Å²) in [6, 6.07) is 2.87. The monoisotopic (exact) mass is 294 g/mol. The minimum atomic E-state index is -4.78. The van der Waals surface area contributed by atoms with Crippen molar-refractivity contribution >= 4 is 11.6 Å². The Kier molecular flexibility index (Phi) is 3.75. The molecule has 0 N–H and O–H groups in total. The molecule has 2 aromatic rings. The summed E-state index contributed by atoms with van der Waals surface area (Å²) >= 11 is 5.46. The number of hydrogen-bond donors (Lipinski definition) is 0. The fourth-order valence-corrected chi connectivity index (χ4v) is 1.62. The minimum absolute atomic E-state index is 0.141. The van der Waals surface area contributed by atoms with Crippen molar-refractivity contribution in [1.82, 2.24) is 10.2 Å². The lowest BCUT2D eigenvalue weighted by Crippen LogP contribution is -2.08. The molecule has 0 unspecified atom stereocenters. The molecule has 0 saturated carbocycles. The van der Waals surface area contributed by atoms with Crippen LogP contribution in [0.1, 0.15) is 11.5 Å². The molecule has 0 radical (unpaired) electrons. The lowest BCUT2D eigenvalue weighted by Gasteiger charge is -2.08. The number of benzene rings is 1. The maximum atomic E-state index is 13.8. The van der Waals surface area contributed by atoms with Gasteiger partial charge in [0.1, 0.15) is 5.82 Å². The summed E-state index contributed by atoms with van der Waals surface area (Å²) < 4.78 is 56.5. The van der Waals surface area contributed by atoms with Gasteiger partial charge in [-0.05, 0) is 12.1 Å². The highest BCUT2D eigenvalue weighted by atomic mass is 35.5. The largest absolute Gasteiger partial charge is 0.421 e. The number of hydrogen-bond acceptors (Lipinski definition) is 3. The van der Waals surface area contributed by atoms with E-state index in [9.17, 15) is 17.6 Å². The lowest BCUT2D eigenvalue weighted by molar-refractivity contribution is -0.139. The molecule has 0 bridgehead atoms. The molecule has 0 aliphatic rings. The molecule has 0 fully saturated rings. The maximum absolute atomic E-state index is 13.8. The molecule has 1 aromatic carbocycles. The SMILES string of the molecule is Fc1c(-c2nnc(CCCl)o2)cccc1C(F)(F)F. The molecule has 102 valence electrons. The van der Waals surface area contributed by atoms with Gasteiger partial charge in [0.05, 0.1) is 11.1 Å². The van der Waals surface area contributed by atoms with Crippen LogP contribution in [0, 0.1) is 5.82 Å². The molecule has 3 nitrogen and oxygen atoms in total. The van der Waals surface area contributed by atoms with Crippen molar-refractivity contribution in [1.29, 1.82) is 0 Å². The van der Waals surface area contributed by atoms with Crippen molar-refractivity contribution in [2.24, 2.45) is 0 Å². The zero-order valence-corrected chi connectivity index (χ0v) is 10.1. The first-order valence-corrected chi connectivity index (χ1v) is 5.71. The van der Waals surface area contributed by atoms with Gasteiger partial charge < -0.3 is 4.42 Å². The van der Waals surface area contributed by atoms with Gasteiger partial charge in [0.15, 0.2) is 0 Å². The topological polar surface area (TPSA) is 38.9 Å². The van der Waals surface area contributed by atoms with Crippen molar-refractivity contribution in [3.63, 3.8) is 0 Å². The third-order valence-electron chi connectivity index (χ3n) is 2.31. The van der Waals surface area contributed by atoms with Gasteiger partial charge >= 0.3 is 6.18 Å². The van der Waals surface area contributed by atoms with E-state index in [1.165, 1.54) is 0 Å². The molecule has 0 saturated heterocycles. The van der Waals surface area contributed by atoms with E-state index in [0.717, 1.165) is 12.1 Å². The van der Waals surface area contributed by atoms with Crippen molar-refractivity contribution < 1.29 is 22.0 Å². The summed E-state index contributed by atoms with van der Waals surface area (Å²) in [5, 5.41) is 7.07. The summed E-state index contributed by atoms with van der Waals surface area (Å²) in [7, 11) is 0. The van der Waals surface area contributed by atoms with Crippen molar-refractivity contribution in [3.8, 4) is 11.5 Å². The highest BCUT2D eigenvalue weighted by Gasteiger charge is 2.35. The average Bonchev–Trinajstić information content (AvgIpc) is 2.76. The average molecular weight is 295 g/mol. The molecule has 0 aliphatic heterocycles. The standard InChI is InChI=1S/C11H7ClF4N2O/c12-5-4-8-17-18-10(19-8)6-2-1-3-7(9(6)13)11(14,15)16/h1-3H,4-5H2. The number of aromatic nitrogens is 2. The van der Waals surface area contributed by atoms with Crippen LogP contribution in [0.2, 0.25) is 0 Å². The van der Waals surface area contributed by atoms with E-state index in [1.807, 2.05) is 0 Å². The Morgan fingerprint density at radius 1 is 1.21 bits per heavy atom. The predicted octanol–water partition coefficient (Wildman–Crippen LogP) is 3.68. The zero-order valence-electron chi connectivity index (χ0n) is 9.34. The fourth-order valence-electron chi connectivity index (χ4n) is 1.46. The van der Waals surface area contributed by atoms with E-state index < -0.39 is 17.6 Å². The summed E-state index contributed by atoms with van der Waals surface area (Å²) in [5.41, 5.74) is -1.76. The third-order valence-corrected chi connectivity index (χ3v) is 2.50. The molecule has 19 heavy (non-hydrogen) atoms. The van der Waals surface area contributed by atoms with E-state index in [2.05, 4.69) is 10.2 Å². The van der Waals surface area contributed by atoms with Gasteiger partial charge in [-0.3, -0.25) is 0 Å². The molecular formula is C11H7ClF4N2O. The molecular weight excluding hydrogens is 288 g/mol. The Balaban J connectivity index is 2.45. The predicted molar refractivity (Wildman–Crippen MR) is 59.1 cm³/mol. The van der Waals surface area contributed by atoms with Crippen LogP contribution in [0.15, 0.2) is 22.6 Å². The second kappa shape index (κ2) is 5.16. The maximum Gasteiger partial charge on any atom is 0.419 e. The number of halogens is 5. The molecule has 1 heterocycles. The Hall–Kier alpha value is -1.63. The van der Waals surface area contributed by atoms with Crippen LogP contribution in [0.5, 0.6) is 0 Å². The van der Waals surface area contributed by atoms with Crippen LogP contribution < -0.4 is 0 Å². The van der Waals surface area contributed by atoms with Crippen LogP contribution in [-0.2, 0) is 12.6 Å². The van der Waals surface area contributed by atoms with Gasteiger partial charge in [0, 0.05) is 12.3 Å². The van der Waals surface area contributed by atoms with Crippen molar-refractivity contribution in [3.05, 3.63) is 35.5 Å². The van der Waals surface area contributed by atoms with Gasteiger partial charge in [-0.25, -0.2) is 4.39 Å². The smallest absolute Gasteiger partial charge is 0.419 e. The van der Waals surface area contributed by atoms with Crippen LogP contribution in [0.25, 0.3) is 11.5 Å². The number of rotatable bonds is 3. The first-order valence-electron chi connectivity index (χ1n) is 5.18. The normalized spacial score (nSPS) is 11.8. The molecule has 0 aliphatic carbocycles. The molecule has 0 amide bonds. The lowest BCUT2D eigenvalue weighted by atomic mass is 10.1. The van der Waals surface area contributed by atoms with Gasteiger partial charge in [0.25, 0.3) is 5.89 Å². The summed E-state index contributed by atoms with van der Waals surface area (Å²) in [6.45, 7) is 0. The van der Waals surface area contributed by atoms with Gasteiger partial charge in [0.2, 0.25) is 5.89 Å². The van der Waals surface area contributed by atoms with Crippen LogP contribution >= 0.6 is 11.6 Å². The molecule has 1 aromatic heterocycles. The second-order valence-electron chi connectivity index (χ2n) is 3.60. The third kappa shape index (κ3) is 2.86. The minimum Gasteiger partial charge on any atom is -0.421 e. The van der Waals surface area contributed by atoms with E-state index >= 15 is 0 Å². The Morgan fingerprint density at radius 3 is 2.58 bits per heavy atom. The Bertz CT molecular complexity index is 582. The highest BCUT2D eigenvalue weighted by Crippen LogP contribution is 2.35. The quantitative estimate of drug-likeness (QED) is 0.640. The summed E-state index contributed by atoms with van der Waals surface area (Å²) in [6.07, 6.45) is -4.52. The molecule has 8 heteroatoms. The number of alkyl halides is 4. The van der Waals surface area contributed by atoms with E-state index in [0.29, 0.717) is 6.07 Å². The first kappa shape index (κ1) is 13.8. The van der Waals surface area contributed by atoms with Crippen LogP contribution in [0.3, 0.4) is 0 Å². The molecule has 0 atom stereocenters. The molecule has 2 rings (SSSR count). The van der Waals surface area contributed by atoms with Crippen molar-refractivity contribution in [2.75, 3.05) is 5.88 Å². The van der Waals surface area contributed by atoms with E-state index in [1.54, 1.807) is 0 Å².